The Bertz CT molecular complexity index is 361. The number of thioether (sulfide) groups is 1. The molecular formula is C14H24O6S. The van der Waals surface area contributed by atoms with Crippen LogP contribution in [0.4, 0.5) is 0 Å². The minimum atomic E-state index is -0.657. The third kappa shape index (κ3) is 5.16. The average Bonchev–Trinajstić information content (AvgIpc) is 2.38. The van der Waals surface area contributed by atoms with Crippen LogP contribution in [0.1, 0.15) is 27.7 Å². The van der Waals surface area contributed by atoms with Crippen LogP contribution in [-0.4, -0.2) is 55.2 Å². The molecule has 1 fully saturated rings. The Morgan fingerprint density at radius 1 is 1.14 bits per heavy atom. The van der Waals surface area contributed by atoms with Gasteiger partial charge in [0.2, 0.25) is 0 Å². The molecule has 1 aliphatic rings. The van der Waals surface area contributed by atoms with Gasteiger partial charge in [0.05, 0.1) is 6.61 Å². The van der Waals surface area contributed by atoms with E-state index in [2.05, 4.69) is 0 Å². The van der Waals surface area contributed by atoms with E-state index in [-0.39, 0.29) is 18.0 Å². The van der Waals surface area contributed by atoms with Gasteiger partial charge in [-0.3, -0.25) is 9.59 Å². The van der Waals surface area contributed by atoms with Gasteiger partial charge in [-0.05, 0) is 5.75 Å². The number of hydrogen-bond acceptors (Lipinski definition) is 7. The summed E-state index contributed by atoms with van der Waals surface area (Å²) in [7, 11) is 1.55. The van der Waals surface area contributed by atoms with Crippen LogP contribution >= 0.6 is 11.8 Å². The third-order valence-corrected chi connectivity index (χ3v) is 4.41. The maximum Gasteiger partial charge on any atom is 0.303 e. The fourth-order valence-electron chi connectivity index (χ4n) is 2.39. The van der Waals surface area contributed by atoms with E-state index >= 15 is 0 Å². The van der Waals surface area contributed by atoms with Crippen LogP contribution in [0.5, 0.6) is 0 Å². The van der Waals surface area contributed by atoms with Crippen molar-refractivity contribution in [2.75, 3.05) is 19.5 Å². The molecule has 1 aliphatic heterocycles. The highest BCUT2D eigenvalue weighted by Crippen LogP contribution is 2.35. The lowest BCUT2D eigenvalue weighted by Gasteiger charge is -2.44. The lowest BCUT2D eigenvalue weighted by Crippen LogP contribution is -2.57. The summed E-state index contributed by atoms with van der Waals surface area (Å²) in [4.78, 5) is 22.7. The van der Waals surface area contributed by atoms with Crippen LogP contribution in [0.2, 0.25) is 0 Å². The Kier molecular flexibility index (Phi) is 7.48. The third-order valence-electron chi connectivity index (χ3n) is 3.21. The SMILES string of the molecule is CCS[C@@H]1OC(COC)[C@H](OC(C)=O)[C@H](OC(C)=O)C1C. The summed E-state index contributed by atoms with van der Waals surface area (Å²) in [5.74, 6) is -0.0472. The van der Waals surface area contributed by atoms with E-state index in [9.17, 15) is 9.59 Å². The molecule has 21 heavy (non-hydrogen) atoms. The summed E-state index contributed by atoms with van der Waals surface area (Å²) in [5, 5.41) is 0. The highest BCUT2D eigenvalue weighted by molar-refractivity contribution is 7.99. The quantitative estimate of drug-likeness (QED) is 0.689. The number of carbonyl (C=O) groups is 2. The Labute approximate surface area is 129 Å². The van der Waals surface area contributed by atoms with Crippen LogP contribution in [-0.2, 0) is 28.5 Å². The molecule has 0 radical (unpaired) electrons. The molecule has 0 saturated carbocycles. The summed E-state index contributed by atoms with van der Waals surface area (Å²) in [6.45, 7) is 6.90. The average molecular weight is 320 g/mol. The Hall–Kier alpha value is -0.790. The smallest absolute Gasteiger partial charge is 0.303 e. The second-order valence-corrected chi connectivity index (χ2v) is 6.34. The maximum atomic E-state index is 11.4. The van der Waals surface area contributed by atoms with Crippen molar-refractivity contribution in [1.82, 2.24) is 0 Å². The molecule has 0 amide bonds. The lowest BCUT2D eigenvalue weighted by atomic mass is 9.93. The predicted octanol–water partition coefficient (Wildman–Crippen LogP) is 1.61. The summed E-state index contributed by atoms with van der Waals surface area (Å²) in [6, 6.07) is 0. The van der Waals surface area contributed by atoms with Crippen molar-refractivity contribution >= 4 is 23.7 Å². The maximum absolute atomic E-state index is 11.4. The van der Waals surface area contributed by atoms with Crippen LogP contribution in [0.15, 0.2) is 0 Å². The molecule has 2 unspecified atom stereocenters. The Morgan fingerprint density at radius 2 is 1.71 bits per heavy atom. The second-order valence-electron chi connectivity index (χ2n) is 4.96. The normalized spacial score (nSPS) is 32.5. The van der Waals surface area contributed by atoms with Gasteiger partial charge in [0.15, 0.2) is 6.10 Å². The van der Waals surface area contributed by atoms with E-state index in [0.717, 1.165) is 5.75 Å². The molecule has 0 aromatic carbocycles. The molecule has 0 aromatic rings. The number of ether oxygens (including phenoxy) is 4. The first-order valence-electron chi connectivity index (χ1n) is 7.01. The van der Waals surface area contributed by atoms with Crippen LogP contribution < -0.4 is 0 Å². The van der Waals surface area contributed by atoms with Crippen LogP contribution in [0, 0.1) is 5.92 Å². The molecule has 7 heteroatoms. The number of rotatable bonds is 6. The van der Waals surface area contributed by atoms with Crippen molar-refractivity contribution in [2.45, 2.75) is 51.4 Å². The topological polar surface area (TPSA) is 71.1 Å². The standard InChI is InChI=1S/C14H24O6S/c1-6-21-14-8(2)12(18-9(3)15)13(19-10(4)16)11(20-14)7-17-5/h8,11-14H,6-7H2,1-5H3/t8?,11?,12-,13+,14+/m1/s1. The van der Waals surface area contributed by atoms with Gasteiger partial charge in [-0.15, -0.1) is 11.8 Å². The molecule has 5 atom stereocenters. The molecule has 1 heterocycles. The lowest BCUT2D eigenvalue weighted by molar-refractivity contribution is -0.216. The van der Waals surface area contributed by atoms with Gasteiger partial charge >= 0.3 is 11.9 Å². The van der Waals surface area contributed by atoms with Crippen molar-refractivity contribution in [3.8, 4) is 0 Å². The van der Waals surface area contributed by atoms with Crippen molar-refractivity contribution in [1.29, 1.82) is 0 Å². The summed E-state index contributed by atoms with van der Waals surface area (Å²) in [5.41, 5.74) is -0.133. The molecule has 122 valence electrons. The minimum Gasteiger partial charge on any atom is -0.458 e. The number of esters is 2. The zero-order valence-corrected chi connectivity index (χ0v) is 14.0. The van der Waals surface area contributed by atoms with Gasteiger partial charge in [-0.2, -0.15) is 0 Å². The monoisotopic (exact) mass is 320 g/mol. The van der Waals surface area contributed by atoms with Crippen molar-refractivity contribution in [2.24, 2.45) is 5.92 Å². The number of methoxy groups -OCH3 is 1. The van der Waals surface area contributed by atoms with Gasteiger partial charge in [0.1, 0.15) is 17.6 Å². The zero-order chi connectivity index (χ0) is 16.0. The molecule has 0 aromatic heterocycles. The first kappa shape index (κ1) is 18.3. The Morgan fingerprint density at radius 3 is 2.19 bits per heavy atom. The van der Waals surface area contributed by atoms with Crippen LogP contribution in [0.3, 0.4) is 0 Å². The predicted molar refractivity (Wildman–Crippen MR) is 78.9 cm³/mol. The van der Waals surface area contributed by atoms with Gasteiger partial charge < -0.3 is 18.9 Å². The van der Waals surface area contributed by atoms with E-state index in [0.29, 0.717) is 0 Å². The van der Waals surface area contributed by atoms with Gasteiger partial charge in [0, 0.05) is 26.9 Å². The molecule has 0 spiro atoms. The molecule has 0 N–H and O–H groups in total. The zero-order valence-electron chi connectivity index (χ0n) is 13.2. The van der Waals surface area contributed by atoms with Crippen molar-refractivity contribution < 1.29 is 28.5 Å². The minimum absolute atomic E-state index is 0.0868. The molecule has 6 nitrogen and oxygen atoms in total. The number of carbonyl (C=O) groups excluding carboxylic acids is 2. The van der Waals surface area contributed by atoms with E-state index in [1.54, 1.807) is 18.9 Å². The largest absolute Gasteiger partial charge is 0.458 e. The van der Waals surface area contributed by atoms with Gasteiger partial charge in [0.25, 0.3) is 0 Å². The van der Waals surface area contributed by atoms with E-state index in [1.807, 2.05) is 13.8 Å². The number of hydrogen-bond donors (Lipinski definition) is 0. The first-order chi connectivity index (χ1) is 9.90. The van der Waals surface area contributed by atoms with Crippen LogP contribution in [0.25, 0.3) is 0 Å². The van der Waals surface area contributed by atoms with Crippen molar-refractivity contribution in [3.63, 3.8) is 0 Å². The van der Waals surface area contributed by atoms with Gasteiger partial charge in [-0.1, -0.05) is 13.8 Å². The second kappa shape index (κ2) is 8.60. The molecular weight excluding hydrogens is 296 g/mol. The van der Waals surface area contributed by atoms with Crippen molar-refractivity contribution in [3.05, 3.63) is 0 Å². The highest BCUT2D eigenvalue weighted by atomic mass is 32.2. The van der Waals surface area contributed by atoms with E-state index in [4.69, 9.17) is 18.9 Å². The first-order valence-corrected chi connectivity index (χ1v) is 8.06. The fraction of sp³-hybridized carbons (Fsp3) is 0.857. The molecule has 0 bridgehead atoms. The van der Waals surface area contributed by atoms with E-state index < -0.39 is 30.3 Å². The summed E-state index contributed by atoms with van der Waals surface area (Å²) >= 11 is 1.63. The molecule has 0 aliphatic carbocycles. The molecule has 1 rings (SSSR count). The molecule has 1 saturated heterocycles. The highest BCUT2D eigenvalue weighted by Gasteiger charge is 2.47. The summed E-state index contributed by atoms with van der Waals surface area (Å²) < 4.78 is 21.9. The Balaban J connectivity index is 2.99. The fourth-order valence-corrected chi connectivity index (χ4v) is 3.40. The summed E-state index contributed by atoms with van der Waals surface area (Å²) in [6.07, 6.45) is -1.65. The van der Waals surface area contributed by atoms with E-state index in [1.165, 1.54) is 13.8 Å². The van der Waals surface area contributed by atoms with Gasteiger partial charge in [-0.25, -0.2) is 0 Å².